The van der Waals surface area contributed by atoms with E-state index in [0.717, 1.165) is 32.7 Å². The Morgan fingerprint density at radius 3 is 1.50 bits per heavy atom. The number of hydrogen-bond acceptors (Lipinski definition) is 6. The van der Waals surface area contributed by atoms with Crippen LogP contribution in [-0.2, 0) is 14.5 Å². The van der Waals surface area contributed by atoms with E-state index >= 15 is 0 Å². The number of hydrogen-bond donors (Lipinski definition) is 1. The molecule has 3 rings (SSSR count). The second-order valence-corrected chi connectivity index (χ2v) is 7.65. The molecule has 0 unspecified atom stereocenters. The van der Waals surface area contributed by atoms with E-state index in [-0.39, 0.29) is 0 Å². The molecule has 0 saturated carbocycles. The lowest BCUT2D eigenvalue weighted by atomic mass is 10.2. The summed E-state index contributed by atoms with van der Waals surface area (Å²) in [6, 6.07) is 1.41. The lowest BCUT2D eigenvalue weighted by Gasteiger charge is -2.29. The monoisotopic (exact) mass is 372 g/mol. The third kappa shape index (κ3) is 8.77. The van der Waals surface area contributed by atoms with Gasteiger partial charge in [-0.05, 0) is 60.8 Å². The lowest BCUT2D eigenvalue weighted by molar-refractivity contribution is -0.199. The van der Waals surface area contributed by atoms with Crippen molar-refractivity contribution in [2.75, 3.05) is 32.9 Å². The number of amidine groups is 1. The van der Waals surface area contributed by atoms with E-state index < -0.39 is 0 Å². The fourth-order valence-corrected chi connectivity index (χ4v) is 2.79. The molecular formula is C19H40N4O3. The molecule has 26 heavy (non-hydrogen) atoms. The van der Waals surface area contributed by atoms with Gasteiger partial charge in [0.05, 0.1) is 25.9 Å². The molecule has 3 saturated heterocycles. The Bertz CT molecular complexity index is 379. The smallest absolute Gasteiger partial charge is 0.123 e. The van der Waals surface area contributed by atoms with Gasteiger partial charge in [0.1, 0.15) is 5.84 Å². The zero-order valence-corrected chi connectivity index (χ0v) is 17.7. The third-order valence-corrected chi connectivity index (χ3v) is 4.27. The molecule has 1 N–H and O–H groups in total. The number of hydroxylamine groups is 6. The molecule has 0 aromatic heterocycles. The van der Waals surface area contributed by atoms with Gasteiger partial charge in [-0.2, -0.15) is 10.1 Å². The largest absolute Gasteiger partial charge is 0.299 e. The highest BCUT2D eigenvalue weighted by Gasteiger charge is 2.20. The van der Waals surface area contributed by atoms with E-state index in [1.807, 2.05) is 18.9 Å². The highest BCUT2D eigenvalue weighted by atomic mass is 16.7. The Hall–Kier alpha value is -0.730. The number of nitrogens with one attached hydrogen (secondary N) is 1. The van der Waals surface area contributed by atoms with Crippen molar-refractivity contribution in [1.82, 2.24) is 15.2 Å². The molecule has 0 atom stereocenters. The van der Waals surface area contributed by atoms with Crippen LogP contribution in [0.15, 0.2) is 0 Å². The van der Waals surface area contributed by atoms with Crippen LogP contribution in [0.1, 0.15) is 67.2 Å². The van der Waals surface area contributed by atoms with Crippen LogP contribution in [0.2, 0.25) is 0 Å². The van der Waals surface area contributed by atoms with E-state index in [2.05, 4.69) is 32.8 Å². The van der Waals surface area contributed by atoms with Crippen LogP contribution in [0.25, 0.3) is 0 Å². The second-order valence-electron chi connectivity index (χ2n) is 7.65. The first-order valence-electron chi connectivity index (χ1n) is 10.1. The predicted octanol–water partition coefficient (Wildman–Crippen LogP) is 3.46. The summed E-state index contributed by atoms with van der Waals surface area (Å²) in [5, 5.41) is 13.1. The van der Waals surface area contributed by atoms with Crippen LogP contribution in [0.3, 0.4) is 0 Å². The van der Waals surface area contributed by atoms with E-state index in [0.29, 0.717) is 30.6 Å². The average molecular weight is 373 g/mol. The standard InChI is InChI=1S/C7H15NO.C6H12N2O.C6H13NO/c1-7(2)8-5-3-4-6-9-8;1-5(2)8-6(7)3-4-9-8;1-6(2)7-4-3-5-8-7/h7H,3-6H2,1-2H3;5,7H,3-4H2,1-2H3;6H,3-5H2,1-2H3. The van der Waals surface area contributed by atoms with Crippen molar-refractivity contribution in [3.8, 4) is 0 Å². The normalized spacial score (nSPS) is 21.9. The summed E-state index contributed by atoms with van der Waals surface area (Å²) in [5.74, 6) is 0.602. The Labute approximate surface area is 159 Å². The molecule has 7 heteroatoms. The second kappa shape index (κ2) is 12.6. The summed E-state index contributed by atoms with van der Waals surface area (Å²) in [6.45, 7) is 17.4. The maximum absolute atomic E-state index is 7.34. The molecular weight excluding hydrogens is 332 g/mol. The molecule has 154 valence electrons. The van der Waals surface area contributed by atoms with Crippen LogP contribution >= 0.6 is 0 Å². The minimum atomic E-state index is 0.306. The van der Waals surface area contributed by atoms with Crippen LogP contribution in [0, 0.1) is 5.41 Å². The van der Waals surface area contributed by atoms with Gasteiger partial charge in [0.2, 0.25) is 0 Å². The average Bonchev–Trinajstić information content (AvgIpc) is 3.28. The van der Waals surface area contributed by atoms with Crippen LogP contribution in [0.4, 0.5) is 0 Å². The molecule has 0 aliphatic carbocycles. The fraction of sp³-hybridized carbons (Fsp3) is 0.947. The zero-order chi connectivity index (χ0) is 19.5. The molecule has 3 fully saturated rings. The van der Waals surface area contributed by atoms with Gasteiger partial charge in [-0.15, -0.1) is 0 Å². The van der Waals surface area contributed by atoms with Gasteiger partial charge < -0.3 is 0 Å². The van der Waals surface area contributed by atoms with Crippen LogP contribution in [0.5, 0.6) is 0 Å². The molecule has 3 aliphatic rings. The molecule has 0 amide bonds. The molecule has 0 bridgehead atoms. The minimum Gasteiger partial charge on any atom is -0.299 e. The first-order valence-corrected chi connectivity index (χ1v) is 10.1. The Kier molecular flexibility index (Phi) is 11.3. The fourth-order valence-electron chi connectivity index (χ4n) is 2.79. The van der Waals surface area contributed by atoms with E-state index in [1.54, 1.807) is 5.06 Å². The molecule has 0 aromatic rings. The van der Waals surface area contributed by atoms with Gasteiger partial charge in [0.25, 0.3) is 0 Å². The van der Waals surface area contributed by atoms with Gasteiger partial charge >= 0.3 is 0 Å². The third-order valence-electron chi connectivity index (χ3n) is 4.27. The minimum absolute atomic E-state index is 0.306. The van der Waals surface area contributed by atoms with Crippen molar-refractivity contribution in [2.45, 2.75) is 85.4 Å². The highest BCUT2D eigenvalue weighted by Crippen LogP contribution is 2.10. The molecule has 3 heterocycles. The number of rotatable bonds is 3. The molecule has 0 spiro atoms. The van der Waals surface area contributed by atoms with Crippen molar-refractivity contribution in [3.63, 3.8) is 0 Å². The van der Waals surface area contributed by atoms with Gasteiger partial charge in [-0.1, -0.05) is 0 Å². The van der Waals surface area contributed by atoms with Crippen molar-refractivity contribution in [1.29, 1.82) is 5.41 Å². The highest BCUT2D eigenvalue weighted by molar-refractivity contribution is 5.79. The summed E-state index contributed by atoms with van der Waals surface area (Å²) >= 11 is 0. The summed E-state index contributed by atoms with van der Waals surface area (Å²) in [6.07, 6.45) is 4.47. The Balaban J connectivity index is 0.000000195. The first kappa shape index (κ1) is 23.3. The van der Waals surface area contributed by atoms with Gasteiger partial charge in [0, 0.05) is 31.6 Å². The molecule has 7 nitrogen and oxygen atoms in total. The molecule has 0 radical (unpaired) electrons. The lowest BCUT2D eigenvalue weighted by Crippen LogP contribution is -2.35. The van der Waals surface area contributed by atoms with E-state index in [4.69, 9.17) is 19.9 Å². The van der Waals surface area contributed by atoms with Gasteiger partial charge in [-0.25, -0.2) is 5.06 Å². The van der Waals surface area contributed by atoms with Gasteiger partial charge in [-0.3, -0.25) is 19.9 Å². The Morgan fingerprint density at radius 2 is 1.23 bits per heavy atom. The van der Waals surface area contributed by atoms with Gasteiger partial charge in [0.15, 0.2) is 0 Å². The summed E-state index contributed by atoms with van der Waals surface area (Å²) < 4.78 is 0. The maximum atomic E-state index is 7.34. The first-order chi connectivity index (χ1) is 12.3. The molecule has 3 aliphatic heterocycles. The van der Waals surface area contributed by atoms with Crippen molar-refractivity contribution in [2.24, 2.45) is 0 Å². The van der Waals surface area contributed by atoms with Crippen molar-refractivity contribution >= 4 is 5.84 Å². The van der Waals surface area contributed by atoms with Crippen LogP contribution in [-0.4, -0.2) is 72.1 Å². The Morgan fingerprint density at radius 1 is 0.692 bits per heavy atom. The topological polar surface area (TPSA) is 61.3 Å². The quantitative estimate of drug-likeness (QED) is 0.819. The van der Waals surface area contributed by atoms with E-state index in [9.17, 15) is 0 Å². The summed E-state index contributed by atoms with van der Waals surface area (Å²) in [7, 11) is 0. The predicted molar refractivity (Wildman–Crippen MR) is 105 cm³/mol. The SMILES string of the molecule is CC(C)N1CCCCO1.CC(C)N1CCCO1.CC(C)N1OCCC1=N. The van der Waals surface area contributed by atoms with E-state index in [1.165, 1.54) is 19.3 Å². The summed E-state index contributed by atoms with van der Waals surface area (Å²) in [4.78, 5) is 15.8. The van der Waals surface area contributed by atoms with Crippen molar-refractivity contribution in [3.05, 3.63) is 0 Å². The zero-order valence-electron chi connectivity index (χ0n) is 17.7. The summed E-state index contributed by atoms with van der Waals surface area (Å²) in [5.41, 5.74) is 0. The molecule has 0 aromatic carbocycles. The maximum Gasteiger partial charge on any atom is 0.123 e. The number of nitrogens with zero attached hydrogens (tertiary/aromatic N) is 3. The van der Waals surface area contributed by atoms with Crippen LogP contribution < -0.4 is 0 Å². The van der Waals surface area contributed by atoms with Crippen molar-refractivity contribution < 1.29 is 14.5 Å².